The van der Waals surface area contributed by atoms with E-state index in [4.69, 9.17) is 0 Å². The summed E-state index contributed by atoms with van der Waals surface area (Å²) in [4.78, 5) is 27.5. The number of aromatic nitrogens is 1. The standard InChI is InChI=1S/C14H12BrN3O3.ClH/c1-21-13(19)10-4-2-3-5-11(10)17-14(20)18-12-7-6-9(15)8-16-12;/h2-8H,1H3,(H2,16,17,18,20);1H/p-1. The van der Waals surface area contributed by atoms with Gasteiger partial charge in [-0.25, -0.2) is 14.6 Å². The third kappa shape index (κ3) is 4.71. The number of carbonyl (C=O) groups is 2. The van der Waals surface area contributed by atoms with E-state index in [9.17, 15) is 9.59 Å². The molecule has 0 radical (unpaired) electrons. The summed E-state index contributed by atoms with van der Waals surface area (Å²) in [7, 11) is 1.28. The van der Waals surface area contributed by atoms with Gasteiger partial charge in [0, 0.05) is 10.7 Å². The Morgan fingerprint density at radius 3 is 2.50 bits per heavy atom. The minimum absolute atomic E-state index is 0. The van der Waals surface area contributed by atoms with Gasteiger partial charge in [0.15, 0.2) is 0 Å². The molecule has 22 heavy (non-hydrogen) atoms. The number of esters is 1. The van der Waals surface area contributed by atoms with Crippen LogP contribution in [0.2, 0.25) is 0 Å². The molecule has 6 nitrogen and oxygen atoms in total. The van der Waals surface area contributed by atoms with Crippen LogP contribution in [0, 0.1) is 0 Å². The third-order valence-electron chi connectivity index (χ3n) is 2.55. The fourth-order valence-corrected chi connectivity index (χ4v) is 1.83. The Balaban J connectivity index is 0.00000242. The van der Waals surface area contributed by atoms with Crippen LogP contribution in [0.1, 0.15) is 10.4 Å². The van der Waals surface area contributed by atoms with E-state index in [2.05, 4.69) is 36.3 Å². The fourth-order valence-electron chi connectivity index (χ4n) is 1.60. The van der Waals surface area contributed by atoms with Crippen molar-refractivity contribution in [1.82, 2.24) is 4.98 Å². The monoisotopic (exact) mass is 384 g/mol. The van der Waals surface area contributed by atoms with Gasteiger partial charge >= 0.3 is 12.0 Å². The highest BCUT2D eigenvalue weighted by Gasteiger charge is 2.13. The molecule has 0 aliphatic heterocycles. The zero-order valence-electron chi connectivity index (χ0n) is 11.5. The van der Waals surface area contributed by atoms with Crippen molar-refractivity contribution in [3.8, 4) is 0 Å². The molecule has 1 aromatic carbocycles. The van der Waals surface area contributed by atoms with Crippen LogP contribution in [-0.2, 0) is 4.74 Å². The van der Waals surface area contributed by atoms with Crippen LogP contribution in [-0.4, -0.2) is 24.1 Å². The van der Waals surface area contributed by atoms with E-state index in [1.165, 1.54) is 7.11 Å². The van der Waals surface area contributed by atoms with Gasteiger partial charge in [-0.1, -0.05) is 12.1 Å². The number of anilines is 2. The number of benzene rings is 1. The number of nitrogens with zero attached hydrogens (tertiary/aromatic N) is 1. The Bertz CT molecular complexity index is 665. The zero-order valence-corrected chi connectivity index (χ0v) is 13.8. The van der Waals surface area contributed by atoms with E-state index in [-0.39, 0.29) is 18.0 Å². The predicted molar refractivity (Wildman–Crippen MR) is 82.4 cm³/mol. The van der Waals surface area contributed by atoms with E-state index in [1.54, 1.807) is 42.6 Å². The number of ether oxygens (including phenoxy) is 1. The number of amides is 2. The van der Waals surface area contributed by atoms with Crippen LogP contribution in [0.4, 0.5) is 16.3 Å². The van der Waals surface area contributed by atoms with Gasteiger partial charge in [0.05, 0.1) is 18.4 Å². The number of halogens is 2. The van der Waals surface area contributed by atoms with Gasteiger partial charge in [-0.3, -0.25) is 5.32 Å². The number of urea groups is 1. The first-order valence-corrected chi connectivity index (χ1v) is 6.76. The molecule has 116 valence electrons. The van der Waals surface area contributed by atoms with Crippen molar-refractivity contribution < 1.29 is 26.7 Å². The Hall–Kier alpha value is -2.12. The smallest absolute Gasteiger partial charge is 0.339 e. The number of hydrogen-bond acceptors (Lipinski definition) is 4. The van der Waals surface area contributed by atoms with Crippen LogP contribution >= 0.6 is 15.9 Å². The summed E-state index contributed by atoms with van der Waals surface area (Å²) in [5, 5.41) is 5.15. The van der Waals surface area contributed by atoms with Crippen LogP contribution in [0.3, 0.4) is 0 Å². The quantitative estimate of drug-likeness (QED) is 0.744. The van der Waals surface area contributed by atoms with Gasteiger partial charge in [-0.2, -0.15) is 0 Å². The summed E-state index contributed by atoms with van der Waals surface area (Å²) >= 11 is 3.26. The fraction of sp³-hybridized carbons (Fsp3) is 0.0714. The summed E-state index contributed by atoms with van der Waals surface area (Å²) in [5.74, 6) is -0.126. The molecule has 2 rings (SSSR count). The number of nitrogens with one attached hydrogen (secondary N) is 2. The van der Waals surface area contributed by atoms with Crippen LogP contribution < -0.4 is 23.0 Å². The van der Waals surface area contributed by atoms with E-state index < -0.39 is 12.0 Å². The molecule has 8 heteroatoms. The second-order valence-electron chi connectivity index (χ2n) is 3.98. The van der Waals surface area contributed by atoms with Crippen molar-refractivity contribution >= 4 is 39.4 Å². The maximum atomic E-state index is 11.9. The van der Waals surface area contributed by atoms with Gasteiger partial charge in [0.2, 0.25) is 0 Å². The zero-order chi connectivity index (χ0) is 15.2. The average molecular weight is 386 g/mol. The number of carbonyl (C=O) groups excluding carboxylic acids is 2. The summed E-state index contributed by atoms with van der Waals surface area (Å²) in [6.07, 6.45) is 1.57. The highest BCUT2D eigenvalue weighted by Crippen LogP contribution is 2.16. The first kappa shape index (κ1) is 17.9. The van der Waals surface area contributed by atoms with Crippen molar-refractivity contribution in [2.45, 2.75) is 0 Å². The van der Waals surface area contributed by atoms with E-state index in [1.807, 2.05) is 0 Å². The summed E-state index contributed by atoms with van der Waals surface area (Å²) in [6.45, 7) is 0. The number of rotatable bonds is 3. The van der Waals surface area contributed by atoms with Crippen LogP contribution in [0.5, 0.6) is 0 Å². The molecular weight excluding hydrogens is 374 g/mol. The average Bonchev–Trinajstić information content (AvgIpc) is 2.49. The molecule has 1 aromatic heterocycles. The van der Waals surface area contributed by atoms with E-state index in [0.717, 1.165) is 4.47 Å². The lowest BCUT2D eigenvalue weighted by molar-refractivity contribution is -0.0000219. The predicted octanol–water partition coefficient (Wildman–Crippen LogP) is 0.279. The maximum absolute atomic E-state index is 11.9. The molecule has 0 spiro atoms. The van der Waals surface area contributed by atoms with Crippen molar-refractivity contribution in [1.29, 1.82) is 0 Å². The molecule has 0 saturated heterocycles. The Morgan fingerprint density at radius 1 is 1.14 bits per heavy atom. The molecule has 0 aliphatic rings. The van der Waals surface area contributed by atoms with Gasteiger partial charge < -0.3 is 22.5 Å². The summed E-state index contributed by atoms with van der Waals surface area (Å²) in [5.41, 5.74) is 0.637. The Kier molecular flexibility index (Phi) is 6.81. The van der Waals surface area contributed by atoms with E-state index >= 15 is 0 Å². The second-order valence-corrected chi connectivity index (χ2v) is 4.89. The van der Waals surface area contributed by atoms with Crippen LogP contribution in [0.25, 0.3) is 0 Å². The highest BCUT2D eigenvalue weighted by atomic mass is 79.9. The molecule has 0 bridgehead atoms. The lowest BCUT2D eigenvalue weighted by atomic mass is 10.2. The molecule has 0 unspecified atom stereocenters. The largest absolute Gasteiger partial charge is 1.00 e. The molecule has 0 atom stereocenters. The maximum Gasteiger partial charge on any atom is 0.339 e. The normalized spacial score (nSPS) is 9.36. The van der Waals surface area contributed by atoms with Gasteiger partial charge in [0.25, 0.3) is 0 Å². The topological polar surface area (TPSA) is 80.3 Å². The lowest BCUT2D eigenvalue weighted by Crippen LogP contribution is -3.00. The molecule has 2 N–H and O–H groups in total. The third-order valence-corrected chi connectivity index (χ3v) is 3.02. The molecule has 0 fully saturated rings. The van der Waals surface area contributed by atoms with Crippen molar-refractivity contribution in [3.63, 3.8) is 0 Å². The molecule has 0 saturated carbocycles. The number of pyridine rings is 1. The van der Waals surface area contributed by atoms with Gasteiger partial charge in [-0.05, 0) is 40.2 Å². The van der Waals surface area contributed by atoms with Crippen molar-refractivity contribution in [2.24, 2.45) is 0 Å². The highest BCUT2D eigenvalue weighted by molar-refractivity contribution is 9.10. The Morgan fingerprint density at radius 2 is 1.86 bits per heavy atom. The SMILES string of the molecule is COC(=O)c1ccccc1NC(=O)Nc1ccc(Br)cn1.[Cl-]. The van der Waals surface area contributed by atoms with Crippen LogP contribution in [0.15, 0.2) is 47.1 Å². The van der Waals surface area contributed by atoms with Gasteiger partial charge in [0.1, 0.15) is 5.82 Å². The van der Waals surface area contributed by atoms with E-state index in [0.29, 0.717) is 11.5 Å². The molecule has 1 heterocycles. The van der Waals surface area contributed by atoms with Gasteiger partial charge in [-0.15, -0.1) is 0 Å². The number of hydrogen-bond donors (Lipinski definition) is 2. The minimum atomic E-state index is -0.521. The molecule has 2 aromatic rings. The first-order chi connectivity index (χ1) is 10.1. The number of para-hydroxylation sites is 1. The Labute approximate surface area is 141 Å². The summed E-state index contributed by atoms with van der Waals surface area (Å²) in [6, 6.07) is 9.48. The summed E-state index contributed by atoms with van der Waals surface area (Å²) < 4.78 is 5.47. The lowest BCUT2D eigenvalue weighted by Gasteiger charge is -2.10. The second kappa shape index (κ2) is 8.35. The first-order valence-electron chi connectivity index (χ1n) is 5.97. The molecule has 0 aliphatic carbocycles. The van der Waals surface area contributed by atoms with Crippen molar-refractivity contribution in [2.75, 3.05) is 17.7 Å². The van der Waals surface area contributed by atoms with Crippen molar-refractivity contribution in [3.05, 3.63) is 52.6 Å². The molecule has 2 amide bonds. The number of methoxy groups -OCH3 is 1. The molecular formula is C14H12BrClN3O3-. The minimum Gasteiger partial charge on any atom is -1.00 e.